The zero-order valence-corrected chi connectivity index (χ0v) is 16.7. The molecule has 1 amide bonds. The topological polar surface area (TPSA) is 34.0 Å². The molecule has 1 heterocycles. The van der Waals surface area contributed by atoms with E-state index < -0.39 is 0 Å². The molecule has 4 rings (SSSR count). The quantitative estimate of drug-likeness (QED) is 0.680. The van der Waals surface area contributed by atoms with E-state index in [4.69, 9.17) is 0 Å². The zero-order valence-electron chi connectivity index (χ0n) is 16.7. The van der Waals surface area contributed by atoms with Gasteiger partial charge in [-0.2, -0.15) is 0 Å². The van der Waals surface area contributed by atoms with Crippen molar-refractivity contribution < 1.29 is 4.79 Å². The van der Waals surface area contributed by atoms with Gasteiger partial charge in [0.2, 0.25) is 0 Å². The van der Waals surface area contributed by atoms with Gasteiger partial charge in [-0.3, -0.25) is 4.79 Å². The summed E-state index contributed by atoms with van der Waals surface area (Å²) in [7, 11) is 0. The van der Waals surface area contributed by atoms with Crippen molar-refractivity contribution in [1.82, 2.24) is 9.88 Å². The molecule has 0 saturated heterocycles. The van der Waals surface area contributed by atoms with Gasteiger partial charge in [0.25, 0.3) is 5.91 Å². The fourth-order valence-electron chi connectivity index (χ4n) is 4.25. The van der Waals surface area contributed by atoms with Crippen LogP contribution in [0.5, 0.6) is 0 Å². The van der Waals surface area contributed by atoms with Gasteiger partial charge in [-0.05, 0) is 80.0 Å². The molecule has 1 aliphatic rings. The fraction of sp³-hybridized carbons (Fsp3) is 0.320. The van der Waals surface area contributed by atoms with Crippen molar-refractivity contribution >= 4 is 5.91 Å². The van der Waals surface area contributed by atoms with E-state index in [-0.39, 0.29) is 5.91 Å². The van der Waals surface area contributed by atoms with E-state index >= 15 is 0 Å². The summed E-state index contributed by atoms with van der Waals surface area (Å²) < 4.78 is 2.36. The summed E-state index contributed by atoms with van der Waals surface area (Å²) in [6, 6.07) is 20.6. The molecule has 1 aromatic heterocycles. The Kier molecular flexibility index (Phi) is 5.34. The molecule has 0 saturated carbocycles. The molecule has 2 aromatic carbocycles. The van der Waals surface area contributed by atoms with E-state index in [1.807, 2.05) is 30.3 Å². The van der Waals surface area contributed by atoms with Gasteiger partial charge in [0.05, 0.1) is 0 Å². The van der Waals surface area contributed by atoms with Gasteiger partial charge in [-0.15, -0.1) is 0 Å². The first-order valence-electron chi connectivity index (χ1n) is 10.2. The van der Waals surface area contributed by atoms with Crippen LogP contribution < -0.4 is 5.32 Å². The molecule has 1 aliphatic carbocycles. The minimum Gasteiger partial charge on any atom is -0.352 e. The smallest absolute Gasteiger partial charge is 0.251 e. The number of carbonyl (C=O) groups excluding carboxylic acids is 1. The van der Waals surface area contributed by atoms with E-state index in [0.717, 1.165) is 24.4 Å². The lowest BCUT2D eigenvalue weighted by Crippen LogP contribution is -2.25. The van der Waals surface area contributed by atoms with Gasteiger partial charge >= 0.3 is 0 Å². The number of nitrogens with one attached hydrogen (secondary N) is 1. The van der Waals surface area contributed by atoms with Gasteiger partial charge in [0, 0.05) is 29.2 Å². The summed E-state index contributed by atoms with van der Waals surface area (Å²) in [6.07, 6.45) is 4.40. The summed E-state index contributed by atoms with van der Waals surface area (Å²) in [5.74, 6) is 0.757. The van der Waals surface area contributed by atoms with Gasteiger partial charge in [0.15, 0.2) is 0 Å². The summed E-state index contributed by atoms with van der Waals surface area (Å²) in [5, 5.41) is 3.02. The van der Waals surface area contributed by atoms with Crippen LogP contribution in [0.15, 0.2) is 60.7 Å². The largest absolute Gasteiger partial charge is 0.352 e. The van der Waals surface area contributed by atoms with E-state index in [0.29, 0.717) is 12.1 Å². The third kappa shape index (κ3) is 3.89. The molecule has 3 nitrogen and oxygen atoms in total. The third-order valence-corrected chi connectivity index (χ3v) is 5.75. The monoisotopic (exact) mass is 372 g/mol. The van der Waals surface area contributed by atoms with Crippen LogP contribution in [0.2, 0.25) is 0 Å². The number of aryl methyl sites for hydroxylation is 1. The Bertz CT molecular complexity index is 954. The van der Waals surface area contributed by atoms with Crippen molar-refractivity contribution in [3.05, 3.63) is 88.7 Å². The number of carbonyl (C=O) groups is 1. The van der Waals surface area contributed by atoms with Crippen LogP contribution in [0.25, 0.3) is 5.69 Å². The molecule has 1 atom stereocenters. The highest BCUT2D eigenvalue weighted by Crippen LogP contribution is 2.30. The predicted molar refractivity (Wildman–Crippen MR) is 114 cm³/mol. The maximum absolute atomic E-state index is 12.5. The van der Waals surface area contributed by atoms with Crippen LogP contribution in [0.3, 0.4) is 0 Å². The predicted octanol–water partition coefficient (Wildman–Crippen LogP) is 4.88. The highest BCUT2D eigenvalue weighted by molar-refractivity contribution is 5.94. The highest BCUT2D eigenvalue weighted by Gasteiger charge is 2.21. The molecule has 144 valence electrons. The molecule has 0 bridgehead atoms. The average molecular weight is 373 g/mol. The number of rotatable bonds is 5. The molecule has 3 heteroatoms. The van der Waals surface area contributed by atoms with Crippen molar-refractivity contribution in [2.45, 2.75) is 39.5 Å². The minimum atomic E-state index is -0.0115. The lowest BCUT2D eigenvalue weighted by Gasteiger charge is -2.21. The van der Waals surface area contributed by atoms with Crippen molar-refractivity contribution in [3.8, 4) is 5.69 Å². The van der Waals surface area contributed by atoms with Gasteiger partial charge in [0.1, 0.15) is 0 Å². The minimum absolute atomic E-state index is 0.0115. The summed E-state index contributed by atoms with van der Waals surface area (Å²) >= 11 is 0. The first kappa shape index (κ1) is 18.5. The zero-order chi connectivity index (χ0) is 19.5. The number of hydrogen-bond donors (Lipinski definition) is 1. The van der Waals surface area contributed by atoms with Crippen LogP contribution in [-0.4, -0.2) is 17.0 Å². The average Bonchev–Trinajstić information content (AvgIpc) is 3.03. The van der Waals surface area contributed by atoms with Crippen LogP contribution >= 0.6 is 0 Å². The Balaban J connectivity index is 1.43. The number of benzene rings is 2. The number of hydrogen-bond acceptors (Lipinski definition) is 1. The van der Waals surface area contributed by atoms with Crippen molar-refractivity contribution in [3.63, 3.8) is 0 Å². The first-order valence-corrected chi connectivity index (χ1v) is 10.2. The van der Waals surface area contributed by atoms with Gasteiger partial charge in [-0.1, -0.05) is 37.3 Å². The molecule has 1 N–H and O–H groups in total. The summed E-state index contributed by atoms with van der Waals surface area (Å²) in [5.41, 5.74) is 7.30. The fourth-order valence-corrected chi connectivity index (χ4v) is 4.25. The molecule has 0 unspecified atom stereocenters. The van der Waals surface area contributed by atoms with Crippen LogP contribution in [-0.2, 0) is 19.3 Å². The number of nitrogens with zero attached hydrogens (tertiary/aromatic N) is 1. The maximum Gasteiger partial charge on any atom is 0.251 e. The molecule has 28 heavy (non-hydrogen) atoms. The second-order valence-corrected chi connectivity index (χ2v) is 7.98. The van der Waals surface area contributed by atoms with Crippen molar-refractivity contribution in [1.29, 1.82) is 0 Å². The Hall–Kier alpha value is -2.81. The van der Waals surface area contributed by atoms with Crippen LogP contribution in [0, 0.1) is 12.8 Å². The molecule has 0 spiro atoms. The molecule has 0 radical (unpaired) electrons. The van der Waals surface area contributed by atoms with E-state index in [9.17, 15) is 4.79 Å². The summed E-state index contributed by atoms with van der Waals surface area (Å²) in [4.78, 5) is 12.5. The molecular weight excluding hydrogens is 344 g/mol. The van der Waals surface area contributed by atoms with Crippen molar-refractivity contribution in [2.75, 3.05) is 6.54 Å². The van der Waals surface area contributed by atoms with E-state index in [1.54, 1.807) is 0 Å². The Morgan fingerprint density at radius 2 is 1.86 bits per heavy atom. The lowest BCUT2D eigenvalue weighted by atomic mass is 9.89. The van der Waals surface area contributed by atoms with Gasteiger partial charge < -0.3 is 9.88 Å². The number of amides is 1. The standard InChI is InChI=1S/C25H28N2O/c1-18-8-13-24-22(16-18)17-19(2)27(24)23-11-9-21(10-12-23)25(28)26-15-14-20-6-4-3-5-7-20/h3-7,9-12,17-18H,8,13-16H2,1-2H3,(H,26,28)/t18-/m1/s1. The van der Waals surface area contributed by atoms with Crippen LogP contribution in [0.4, 0.5) is 0 Å². The Morgan fingerprint density at radius 3 is 2.61 bits per heavy atom. The SMILES string of the molecule is Cc1cc2c(n1-c1ccc(C(=O)NCCc3ccccc3)cc1)CC[C@@H](C)C2. The lowest BCUT2D eigenvalue weighted by molar-refractivity contribution is 0.0954. The van der Waals surface area contributed by atoms with E-state index in [2.05, 4.69) is 54.1 Å². The Morgan fingerprint density at radius 1 is 1.11 bits per heavy atom. The maximum atomic E-state index is 12.5. The first-order chi connectivity index (χ1) is 13.6. The second kappa shape index (κ2) is 8.05. The van der Waals surface area contributed by atoms with E-state index in [1.165, 1.54) is 35.4 Å². The van der Waals surface area contributed by atoms with Crippen molar-refractivity contribution in [2.24, 2.45) is 5.92 Å². The second-order valence-electron chi connectivity index (χ2n) is 7.98. The van der Waals surface area contributed by atoms with Crippen LogP contribution in [0.1, 0.15) is 46.2 Å². The Labute approximate surface area is 167 Å². The normalized spacial score (nSPS) is 15.9. The molecule has 3 aromatic rings. The summed E-state index contributed by atoms with van der Waals surface area (Å²) in [6.45, 7) is 5.15. The molecule has 0 aliphatic heterocycles. The highest BCUT2D eigenvalue weighted by atomic mass is 16.1. The molecular formula is C25H28N2O. The third-order valence-electron chi connectivity index (χ3n) is 5.75. The molecule has 0 fully saturated rings. The van der Waals surface area contributed by atoms with Gasteiger partial charge in [-0.25, -0.2) is 0 Å². The number of aromatic nitrogens is 1. The number of fused-ring (bicyclic) bond motifs is 1.